The number of aromatic nitrogens is 1. The molecular formula is C29H28N4O2S2. The molecule has 0 bridgehead atoms. The Morgan fingerprint density at radius 3 is 2.49 bits per heavy atom. The van der Waals surface area contributed by atoms with Gasteiger partial charge in [-0.2, -0.15) is 0 Å². The first-order valence-corrected chi connectivity index (χ1v) is 13.6. The van der Waals surface area contributed by atoms with Crippen LogP contribution in [0.5, 0.6) is 0 Å². The summed E-state index contributed by atoms with van der Waals surface area (Å²) in [7, 11) is 0. The molecule has 1 aromatic heterocycles. The van der Waals surface area contributed by atoms with Crippen molar-refractivity contribution in [3.05, 3.63) is 106 Å². The van der Waals surface area contributed by atoms with E-state index in [9.17, 15) is 9.59 Å². The third-order valence-electron chi connectivity index (χ3n) is 6.71. The lowest BCUT2D eigenvalue weighted by molar-refractivity contribution is -0.114. The minimum absolute atomic E-state index is 0.0920. The van der Waals surface area contributed by atoms with Crippen molar-refractivity contribution in [3.63, 3.8) is 0 Å². The molecule has 1 unspecified atom stereocenters. The Morgan fingerprint density at radius 2 is 1.73 bits per heavy atom. The second-order valence-corrected chi connectivity index (χ2v) is 10.4. The summed E-state index contributed by atoms with van der Waals surface area (Å²) in [6, 6.07) is 19.5. The molecule has 2 aliphatic heterocycles. The molecule has 1 atom stereocenters. The number of allylic oxidation sites excluding steroid dienone is 2. The maximum Gasteiger partial charge on any atom is 0.254 e. The van der Waals surface area contributed by atoms with E-state index < -0.39 is 0 Å². The first kappa shape index (κ1) is 25.0. The maximum atomic E-state index is 13.6. The Balaban J connectivity index is 1.41. The fourth-order valence-electron chi connectivity index (χ4n) is 4.85. The van der Waals surface area contributed by atoms with Crippen LogP contribution >= 0.6 is 24.0 Å². The predicted molar refractivity (Wildman–Crippen MR) is 155 cm³/mol. The number of rotatable bonds is 7. The van der Waals surface area contributed by atoms with Gasteiger partial charge in [0.15, 0.2) is 0 Å². The van der Waals surface area contributed by atoms with Crippen molar-refractivity contribution in [3.8, 4) is 0 Å². The number of anilines is 2. The number of hydrogen-bond donors (Lipinski definition) is 3. The largest absolute Gasteiger partial charge is 0.353 e. The van der Waals surface area contributed by atoms with Gasteiger partial charge in [-0.05, 0) is 55.7 Å². The molecule has 0 radical (unpaired) electrons. The van der Waals surface area contributed by atoms with E-state index in [1.807, 2.05) is 85.3 Å². The lowest BCUT2D eigenvalue weighted by Crippen LogP contribution is -2.31. The summed E-state index contributed by atoms with van der Waals surface area (Å²) in [4.78, 5) is 27.1. The van der Waals surface area contributed by atoms with Gasteiger partial charge in [0, 0.05) is 40.1 Å². The lowest BCUT2D eigenvalue weighted by atomic mass is 9.86. The summed E-state index contributed by atoms with van der Waals surface area (Å²) in [5.74, 6) is -0.353. The Hall–Kier alpha value is -3.62. The van der Waals surface area contributed by atoms with Crippen molar-refractivity contribution in [2.75, 3.05) is 16.4 Å². The smallest absolute Gasteiger partial charge is 0.254 e. The van der Waals surface area contributed by atoms with Crippen LogP contribution < -0.4 is 16.0 Å². The molecule has 0 saturated heterocycles. The van der Waals surface area contributed by atoms with Crippen molar-refractivity contribution in [2.24, 2.45) is 0 Å². The number of nitrogens with zero attached hydrogens (tertiary/aromatic N) is 1. The Morgan fingerprint density at radius 1 is 1.00 bits per heavy atom. The van der Waals surface area contributed by atoms with Crippen LogP contribution in [0.25, 0.3) is 0 Å². The number of carbonyl (C=O) groups is 2. The van der Waals surface area contributed by atoms with Crippen molar-refractivity contribution in [1.29, 1.82) is 0 Å². The number of amides is 2. The topological polar surface area (TPSA) is 75.2 Å². The summed E-state index contributed by atoms with van der Waals surface area (Å²) in [6.45, 7) is 5.93. The Kier molecular flexibility index (Phi) is 7.04. The summed E-state index contributed by atoms with van der Waals surface area (Å²) in [5, 5.41) is 10.3. The van der Waals surface area contributed by atoms with Gasteiger partial charge < -0.3 is 20.5 Å². The highest BCUT2D eigenvalue weighted by Gasteiger charge is 2.42. The molecule has 0 fully saturated rings. The van der Waals surface area contributed by atoms with Crippen LogP contribution in [0.2, 0.25) is 0 Å². The number of aryl methyl sites for hydroxylation is 2. The first-order chi connectivity index (χ1) is 17.9. The average molecular weight is 529 g/mol. The van der Waals surface area contributed by atoms with Crippen LogP contribution in [-0.4, -0.2) is 27.1 Å². The monoisotopic (exact) mass is 528 g/mol. The number of para-hydroxylation sites is 2. The number of dihydropyridines is 1. The molecule has 2 amide bonds. The number of thiocarbonyl (C=S) groups is 1. The second-order valence-electron chi connectivity index (χ2n) is 9.06. The van der Waals surface area contributed by atoms with Gasteiger partial charge in [-0.25, -0.2) is 0 Å². The SMILES string of the molecule is CCc1ccccc1NC(=O)CSC1=C2C(=S)n3cccc3C2C(C(=O)Nc2ccccc2C)=C(C)N1. The van der Waals surface area contributed by atoms with Gasteiger partial charge in [-0.1, -0.05) is 67.3 Å². The molecule has 5 rings (SSSR count). The fraction of sp³-hybridized carbons (Fsp3) is 0.207. The standard InChI is InChI=1S/C29H28N4O2S2/c1-4-19-11-6-8-13-21(19)31-23(34)16-37-28-26-25(22-14-9-15-33(22)29(26)36)24(18(3)30-28)27(35)32-20-12-7-5-10-17(20)2/h5-15,25,30H,4,16H2,1-3H3,(H,31,34)(H,32,35). The minimum Gasteiger partial charge on any atom is -0.353 e. The van der Waals surface area contributed by atoms with Gasteiger partial charge in [0.1, 0.15) is 4.99 Å². The van der Waals surface area contributed by atoms with Crippen LogP contribution in [0.3, 0.4) is 0 Å². The van der Waals surface area contributed by atoms with E-state index in [-0.39, 0.29) is 23.5 Å². The third kappa shape index (κ3) is 4.74. The van der Waals surface area contributed by atoms with Crippen LogP contribution in [0.15, 0.2) is 88.7 Å². The van der Waals surface area contributed by atoms with Gasteiger partial charge in [-0.15, -0.1) is 0 Å². The van der Waals surface area contributed by atoms with E-state index in [1.54, 1.807) is 0 Å². The second kappa shape index (κ2) is 10.4. The molecule has 3 heterocycles. The highest BCUT2D eigenvalue weighted by molar-refractivity contribution is 8.03. The van der Waals surface area contributed by atoms with E-state index in [4.69, 9.17) is 12.2 Å². The number of benzene rings is 2. The van der Waals surface area contributed by atoms with Crippen molar-refractivity contribution >= 4 is 52.2 Å². The van der Waals surface area contributed by atoms with Gasteiger partial charge in [-0.3, -0.25) is 9.59 Å². The quantitative estimate of drug-likeness (QED) is 0.342. The minimum atomic E-state index is -0.306. The highest BCUT2D eigenvalue weighted by atomic mass is 32.2. The van der Waals surface area contributed by atoms with Crippen LogP contribution in [0.4, 0.5) is 11.4 Å². The van der Waals surface area contributed by atoms with Gasteiger partial charge in [0.05, 0.1) is 16.7 Å². The number of fused-ring (bicyclic) bond motifs is 3. The molecule has 8 heteroatoms. The molecule has 2 aliphatic rings. The molecular weight excluding hydrogens is 500 g/mol. The predicted octanol–water partition coefficient (Wildman–Crippen LogP) is 5.73. The number of nitrogens with one attached hydrogen (secondary N) is 3. The fourth-order valence-corrected chi connectivity index (χ4v) is 6.24. The number of thioether (sulfide) groups is 1. The van der Waals surface area contributed by atoms with E-state index >= 15 is 0 Å². The Bertz CT molecular complexity index is 1480. The molecule has 37 heavy (non-hydrogen) atoms. The zero-order valence-electron chi connectivity index (χ0n) is 20.9. The van der Waals surface area contributed by atoms with Crippen LogP contribution in [-0.2, 0) is 16.0 Å². The van der Waals surface area contributed by atoms with Crippen LogP contribution in [0.1, 0.15) is 36.6 Å². The average Bonchev–Trinajstić information content (AvgIpc) is 3.47. The van der Waals surface area contributed by atoms with E-state index in [0.717, 1.165) is 50.9 Å². The van der Waals surface area contributed by atoms with Gasteiger partial charge in [0.25, 0.3) is 5.91 Å². The molecule has 0 saturated carbocycles. The maximum absolute atomic E-state index is 13.6. The van der Waals surface area contributed by atoms with Crippen LogP contribution in [0, 0.1) is 6.92 Å². The van der Waals surface area contributed by atoms with E-state index in [2.05, 4.69) is 22.9 Å². The number of hydrogen-bond acceptors (Lipinski definition) is 5. The summed E-state index contributed by atoms with van der Waals surface area (Å²) in [5.41, 5.74) is 6.89. The molecule has 0 aliphatic carbocycles. The summed E-state index contributed by atoms with van der Waals surface area (Å²) < 4.78 is 1.95. The zero-order valence-corrected chi connectivity index (χ0v) is 22.6. The van der Waals surface area contributed by atoms with Crippen molar-refractivity contribution < 1.29 is 9.59 Å². The molecule has 3 N–H and O–H groups in total. The summed E-state index contributed by atoms with van der Waals surface area (Å²) in [6.07, 6.45) is 2.76. The zero-order chi connectivity index (χ0) is 26.1. The normalized spacial score (nSPS) is 16.3. The molecule has 188 valence electrons. The first-order valence-electron chi connectivity index (χ1n) is 12.2. The van der Waals surface area contributed by atoms with Crippen molar-refractivity contribution in [2.45, 2.75) is 33.1 Å². The molecule has 6 nitrogen and oxygen atoms in total. The molecule has 3 aromatic rings. The van der Waals surface area contributed by atoms with E-state index in [0.29, 0.717) is 10.6 Å². The summed E-state index contributed by atoms with van der Waals surface area (Å²) >= 11 is 7.25. The Labute approximate surface area is 226 Å². The molecule has 0 spiro atoms. The van der Waals surface area contributed by atoms with Crippen molar-refractivity contribution in [1.82, 2.24) is 9.88 Å². The molecule has 2 aromatic carbocycles. The van der Waals surface area contributed by atoms with Gasteiger partial charge in [0.2, 0.25) is 5.91 Å². The van der Waals surface area contributed by atoms with Gasteiger partial charge >= 0.3 is 0 Å². The number of carbonyl (C=O) groups excluding carboxylic acids is 2. The lowest BCUT2D eigenvalue weighted by Gasteiger charge is -2.28. The third-order valence-corrected chi connectivity index (χ3v) is 8.14. The highest BCUT2D eigenvalue weighted by Crippen LogP contribution is 2.46. The van der Waals surface area contributed by atoms with E-state index in [1.165, 1.54) is 11.8 Å².